The fourth-order valence-electron chi connectivity index (χ4n) is 2.12. The minimum absolute atomic E-state index is 0.144. The summed E-state index contributed by atoms with van der Waals surface area (Å²) < 4.78 is 15.2. The summed E-state index contributed by atoms with van der Waals surface area (Å²) >= 11 is 12.0. The van der Waals surface area contributed by atoms with Crippen molar-refractivity contribution >= 4 is 47.0 Å². The maximum atomic E-state index is 11.9. The minimum atomic E-state index is -0.684. The van der Waals surface area contributed by atoms with E-state index in [1.807, 2.05) is 0 Å². The van der Waals surface area contributed by atoms with Crippen molar-refractivity contribution in [1.82, 2.24) is 4.98 Å². The minimum Gasteiger partial charge on any atom is -0.493 e. The molecule has 1 N–H and O–H groups in total. The molecule has 0 aliphatic rings. The average molecular weight is 425 g/mol. The maximum absolute atomic E-state index is 11.9. The molecule has 0 fully saturated rings. The number of carbonyl (C=O) groups is 2. The number of amides is 1. The number of nitrogens with one attached hydrogen (secondary N) is 1. The molecule has 2 rings (SSSR count). The highest BCUT2D eigenvalue weighted by Crippen LogP contribution is 2.29. The molecule has 0 radical (unpaired) electrons. The van der Waals surface area contributed by atoms with Crippen LogP contribution in [0.5, 0.6) is 11.5 Å². The van der Waals surface area contributed by atoms with Gasteiger partial charge in [-0.1, -0.05) is 29.3 Å². The lowest BCUT2D eigenvalue weighted by Crippen LogP contribution is -2.21. The zero-order valence-corrected chi connectivity index (χ0v) is 16.9. The smallest absolute Gasteiger partial charge is 0.331 e. The van der Waals surface area contributed by atoms with Crippen LogP contribution < -0.4 is 14.8 Å². The standard InChI is InChI=1S/C19H18Cl2N2O5/c1-11-13(20)9-22-19(18(11)21)23-16(24)10-28-17(25)7-5-12-4-6-14(26-2)15(8-12)27-3/h4-9H,10H2,1-3H3,(H,22,23,24)/b7-5+. The first-order chi connectivity index (χ1) is 13.3. The van der Waals surface area contributed by atoms with Gasteiger partial charge in [0.1, 0.15) is 0 Å². The molecular formula is C19H18Cl2N2O5. The summed E-state index contributed by atoms with van der Waals surface area (Å²) in [5.74, 6) is -0.0191. The summed E-state index contributed by atoms with van der Waals surface area (Å²) in [6, 6.07) is 5.16. The van der Waals surface area contributed by atoms with Crippen molar-refractivity contribution in [3.8, 4) is 11.5 Å². The molecule has 148 valence electrons. The highest BCUT2D eigenvalue weighted by molar-refractivity contribution is 6.37. The highest BCUT2D eigenvalue weighted by atomic mass is 35.5. The monoisotopic (exact) mass is 424 g/mol. The van der Waals surface area contributed by atoms with Gasteiger partial charge >= 0.3 is 5.97 Å². The number of methoxy groups -OCH3 is 2. The van der Waals surface area contributed by atoms with Gasteiger partial charge in [0.05, 0.1) is 24.3 Å². The largest absolute Gasteiger partial charge is 0.493 e. The normalized spacial score (nSPS) is 10.6. The molecule has 1 aromatic heterocycles. The number of carbonyl (C=O) groups excluding carboxylic acids is 2. The summed E-state index contributed by atoms with van der Waals surface area (Å²) in [6.07, 6.45) is 4.10. The van der Waals surface area contributed by atoms with Gasteiger partial charge in [0, 0.05) is 12.3 Å². The zero-order chi connectivity index (χ0) is 20.7. The molecule has 0 aliphatic carbocycles. The third kappa shape index (κ3) is 5.61. The molecule has 0 atom stereocenters. The predicted octanol–water partition coefficient (Wildman–Crippen LogP) is 3.91. The van der Waals surface area contributed by atoms with Crippen LogP contribution >= 0.6 is 23.2 Å². The van der Waals surface area contributed by atoms with Gasteiger partial charge in [-0.2, -0.15) is 0 Å². The fourth-order valence-corrected chi connectivity index (χ4v) is 2.51. The van der Waals surface area contributed by atoms with Crippen molar-refractivity contribution in [1.29, 1.82) is 0 Å². The number of anilines is 1. The molecule has 7 nitrogen and oxygen atoms in total. The molecule has 1 aromatic carbocycles. The molecule has 0 bridgehead atoms. The van der Waals surface area contributed by atoms with Crippen molar-refractivity contribution in [2.45, 2.75) is 6.92 Å². The van der Waals surface area contributed by atoms with Crippen molar-refractivity contribution in [3.05, 3.63) is 51.6 Å². The van der Waals surface area contributed by atoms with Crippen molar-refractivity contribution in [2.24, 2.45) is 0 Å². The van der Waals surface area contributed by atoms with E-state index >= 15 is 0 Å². The van der Waals surface area contributed by atoms with Crippen LogP contribution in [0.3, 0.4) is 0 Å². The van der Waals surface area contributed by atoms with Gasteiger partial charge in [-0.05, 0) is 36.3 Å². The topological polar surface area (TPSA) is 86.8 Å². The van der Waals surface area contributed by atoms with Gasteiger partial charge in [0.2, 0.25) is 0 Å². The third-order valence-corrected chi connectivity index (χ3v) is 4.47. The second-order valence-electron chi connectivity index (χ2n) is 5.50. The van der Waals surface area contributed by atoms with Gasteiger partial charge in [-0.15, -0.1) is 0 Å². The lowest BCUT2D eigenvalue weighted by atomic mass is 10.2. The van der Waals surface area contributed by atoms with Crippen LogP contribution in [0.25, 0.3) is 6.08 Å². The average Bonchev–Trinajstić information content (AvgIpc) is 2.70. The number of aromatic nitrogens is 1. The number of esters is 1. The number of nitrogens with zero attached hydrogens (tertiary/aromatic N) is 1. The molecule has 1 amide bonds. The number of benzene rings is 1. The Morgan fingerprint density at radius 3 is 2.57 bits per heavy atom. The van der Waals surface area contributed by atoms with Crippen molar-refractivity contribution < 1.29 is 23.8 Å². The molecule has 0 aliphatic heterocycles. The van der Waals surface area contributed by atoms with E-state index in [4.69, 9.17) is 37.4 Å². The van der Waals surface area contributed by atoms with Crippen LogP contribution in [0.1, 0.15) is 11.1 Å². The molecule has 0 unspecified atom stereocenters. The van der Waals surface area contributed by atoms with E-state index in [-0.39, 0.29) is 10.8 Å². The molecule has 2 aromatic rings. The third-order valence-electron chi connectivity index (χ3n) is 3.63. The van der Waals surface area contributed by atoms with E-state index in [0.717, 1.165) is 0 Å². The van der Waals surface area contributed by atoms with E-state index < -0.39 is 18.5 Å². The Labute approximate surface area is 172 Å². The summed E-state index contributed by atoms with van der Waals surface area (Å²) in [6.45, 7) is 1.20. The summed E-state index contributed by atoms with van der Waals surface area (Å²) in [4.78, 5) is 27.7. The van der Waals surface area contributed by atoms with E-state index in [1.165, 1.54) is 32.6 Å². The number of pyridine rings is 1. The van der Waals surface area contributed by atoms with Gasteiger partial charge in [0.15, 0.2) is 23.9 Å². The van der Waals surface area contributed by atoms with Gasteiger partial charge in [-0.3, -0.25) is 4.79 Å². The number of halogens is 2. The number of rotatable bonds is 7. The quantitative estimate of drug-likeness (QED) is 0.535. The van der Waals surface area contributed by atoms with Crippen LogP contribution in [-0.2, 0) is 14.3 Å². The Hall–Kier alpha value is -2.77. The van der Waals surface area contributed by atoms with Gasteiger partial charge < -0.3 is 19.5 Å². The molecule has 0 saturated carbocycles. The summed E-state index contributed by atoms with van der Waals surface area (Å²) in [5, 5.41) is 3.07. The van der Waals surface area contributed by atoms with Crippen LogP contribution in [0.2, 0.25) is 10.0 Å². The van der Waals surface area contributed by atoms with E-state index in [1.54, 1.807) is 25.1 Å². The zero-order valence-electron chi connectivity index (χ0n) is 15.4. The Morgan fingerprint density at radius 2 is 1.89 bits per heavy atom. The molecule has 9 heteroatoms. The SMILES string of the molecule is COc1ccc(/C=C/C(=O)OCC(=O)Nc2ncc(Cl)c(C)c2Cl)cc1OC. The van der Waals surface area contributed by atoms with Crippen LogP contribution in [0, 0.1) is 6.92 Å². The predicted molar refractivity (Wildman–Crippen MR) is 107 cm³/mol. The lowest BCUT2D eigenvalue weighted by molar-refractivity contribution is -0.142. The Kier molecular flexibility index (Phi) is 7.66. The second kappa shape index (κ2) is 9.96. The fraction of sp³-hybridized carbons (Fsp3) is 0.211. The first-order valence-electron chi connectivity index (χ1n) is 8.03. The molecule has 28 heavy (non-hydrogen) atoms. The van der Waals surface area contributed by atoms with Crippen LogP contribution in [-0.4, -0.2) is 37.7 Å². The highest BCUT2D eigenvalue weighted by Gasteiger charge is 2.12. The van der Waals surface area contributed by atoms with Gasteiger partial charge in [0.25, 0.3) is 5.91 Å². The summed E-state index contributed by atoms with van der Waals surface area (Å²) in [7, 11) is 3.05. The summed E-state index contributed by atoms with van der Waals surface area (Å²) in [5.41, 5.74) is 1.29. The van der Waals surface area contributed by atoms with Crippen molar-refractivity contribution in [3.63, 3.8) is 0 Å². The first-order valence-corrected chi connectivity index (χ1v) is 8.78. The van der Waals surface area contributed by atoms with Crippen LogP contribution in [0.15, 0.2) is 30.5 Å². The van der Waals surface area contributed by atoms with E-state index in [2.05, 4.69) is 10.3 Å². The molecular weight excluding hydrogens is 407 g/mol. The Morgan fingerprint density at radius 1 is 1.18 bits per heavy atom. The first kappa shape index (κ1) is 21.5. The number of ether oxygens (including phenoxy) is 3. The Balaban J connectivity index is 1.91. The van der Waals surface area contributed by atoms with Gasteiger partial charge in [-0.25, -0.2) is 9.78 Å². The van der Waals surface area contributed by atoms with Crippen LogP contribution in [0.4, 0.5) is 5.82 Å². The van der Waals surface area contributed by atoms with Crippen molar-refractivity contribution in [2.75, 3.05) is 26.1 Å². The number of hydrogen-bond donors (Lipinski definition) is 1. The number of hydrogen-bond acceptors (Lipinski definition) is 6. The molecule has 1 heterocycles. The Bertz CT molecular complexity index is 915. The van der Waals surface area contributed by atoms with E-state index in [9.17, 15) is 9.59 Å². The molecule has 0 spiro atoms. The van der Waals surface area contributed by atoms with E-state index in [0.29, 0.717) is 27.6 Å². The molecule has 0 saturated heterocycles. The second-order valence-corrected chi connectivity index (χ2v) is 6.28. The lowest BCUT2D eigenvalue weighted by Gasteiger charge is -2.09. The maximum Gasteiger partial charge on any atom is 0.331 e.